The van der Waals surface area contributed by atoms with E-state index < -0.39 is 0 Å². The number of amides is 1. The van der Waals surface area contributed by atoms with Crippen LogP contribution in [0, 0.1) is 0 Å². The van der Waals surface area contributed by atoms with Crippen molar-refractivity contribution >= 4 is 42.2 Å². The summed E-state index contributed by atoms with van der Waals surface area (Å²) in [6, 6.07) is 1.89. The largest absolute Gasteiger partial charge is 0.381 e. The number of nitrogens with zero attached hydrogens (tertiary/aromatic N) is 2. The Kier molecular flexibility index (Phi) is 4.23. The Hall–Kier alpha value is -0.940. The van der Waals surface area contributed by atoms with Crippen LogP contribution in [-0.4, -0.2) is 17.4 Å². The number of thiol groups is 1. The van der Waals surface area contributed by atoms with Crippen molar-refractivity contribution < 1.29 is 4.79 Å². The standard InChI is InChI=1S/C9H12ClN3OS/c1-6(2)12-7-3-9(10)11-4-8(7)13(15)5-14/h3-6,15H,1-2H3,(H,11,12). The first-order valence-corrected chi connectivity index (χ1v) is 5.18. The number of aromatic nitrogens is 1. The molecule has 0 radical (unpaired) electrons. The van der Waals surface area contributed by atoms with E-state index in [0.717, 1.165) is 9.99 Å². The van der Waals surface area contributed by atoms with Gasteiger partial charge in [0, 0.05) is 12.1 Å². The van der Waals surface area contributed by atoms with Crippen molar-refractivity contribution in [2.24, 2.45) is 0 Å². The van der Waals surface area contributed by atoms with Crippen LogP contribution < -0.4 is 9.62 Å². The Morgan fingerprint density at radius 3 is 2.87 bits per heavy atom. The summed E-state index contributed by atoms with van der Waals surface area (Å²) in [5, 5.41) is 3.53. The molecular formula is C9H12ClN3OS. The number of nitrogens with one attached hydrogen (secondary N) is 1. The molecule has 0 bridgehead atoms. The zero-order chi connectivity index (χ0) is 11.4. The van der Waals surface area contributed by atoms with Gasteiger partial charge < -0.3 is 5.32 Å². The number of pyridine rings is 1. The van der Waals surface area contributed by atoms with Gasteiger partial charge in [0.1, 0.15) is 5.15 Å². The molecule has 0 spiro atoms. The molecule has 4 nitrogen and oxygen atoms in total. The fraction of sp³-hybridized carbons (Fsp3) is 0.333. The maximum atomic E-state index is 10.6. The lowest BCUT2D eigenvalue weighted by Gasteiger charge is -2.17. The van der Waals surface area contributed by atoms with Gasteiger partial charge in [-0.1, -0.05) is 24.4 Å². The summed E-state index contributed by atoms with van der Waals surface area (Å²) in [4.78, 5) is 14.5. The monoisotopic (exact) mass is 245 g/mol. The van der Waals surface area contributed by atoms with Crippen molar-refractivity contribution in [2.45, 2.75) is 19.9 Å². The Bertz CT molecular complexity index is 359. The van der Waals surface area contributed by atoms with Gasteiger partial charge in [0.15, 0.2) is 0 Å². The molecule has 0 aliphatic heterocycles. The van der Waals surface area contributed by atoms with E-state index in [-0.39, 0.29) is 6.04 Å². The second-order valence-electron chi connectivity index (χ2n) is 3.27. The molecule has 1 aromatic heterocycles. The maximum Gasteiger partial charge on any atom is 0.224 e. The number of carbonyl (C=O) groups excluding carboxylic acids is 1. The maximum absolute atomic E-state index is 10.6. The molecular weight excluding hydrogens is 234 g/mol. The zero-order valence-corrected chi connectivity index (χ0v) is 10.1. The molecule has 0 fully saturated rings. The molecule has 82 valence electrons. The molecule has 1 amide bonds. The number of hydrogen-bond donors (Lipinski definition) is 2. The third kappa shape index (κ3) is 3.28. The Morgan fingerprint density at radius 2 is 2.33 bits per heavy atom. The molecule has 0 saturated heterocycles. The molecule has 1 heterocycles. The fourth-order valence-corrected chi connectivity index (χ4v) is 1.41. The summed E-state index contributed by atoms with van der Waals surface area (Å²) >= 11 is 9.75. The number of rotatable bonds is 4. The zero-order valence-electron chi connectivity index (χ0n) is 8.44. The van der Waals surface area contributed by atoms with E-state index in [1.807, 2.05) is 13.8 Å². The normalized spacial score (nSPS) is 10.2. The van der Waals surface area contributed by atoms with Crippen LogP contribution in [0.2, 0.25) is 5.15 Å². The predicted molar refractivity (Wildman–Crippen MR) is 65.5 cm³/mol. The van der Waals surface area contributed by atoms with Crippen LogP contribution in [0.15, 0.2) is 12.3 Å². The summed E-state index contributed by atoms with van der Waals surface area (Å²) in [7, 11) is 0. The van der Waals surface area contributed by atoms with Gasteiger partial charge in [-0.15, -0.1) is 0 Å². The van der Waals surface area contributed by atoms with Gasteiger partial charge in [0.25, 0.3) is 0 Å². The number of anilines is 2. The Balaban J connectivity index is 3.08. The highest BCUT2D eigenvalue weighted by Crippen LogP contribution is 2.28. The van der Waals surface area contributed by atoms with Gasteiger partial charge in [0.2, 0.25) is 6.41 Å². The minimum atomic E-state index is 0.232. The van der Waals surface area contributed by atoms with E-state index in [0.29, 0.717) is 17.3 Å². The summed E-state index contributed by atoms with van der Waals surface area (Å²) in [5.74, 6) is 0. The van der Waals surface area contributed by atoms with Crippen molar-refractivity contribution in [2.75, 3.05) is 9.62 Å². The molecule has 0 aromatic carbocycles. The number of hydrogen-bond acceptors (Lipinski definition) is 4. The second kappa shape index (κ2) is 5.23. The Labute approximate surface area is 99.2 Å². The average Bonchev–Trinajstić information content (AvgIpc) is 2.16. The van der Waals surface area contributed by atoms with Crippen LogP contribution >= 0.6 is 24.4 Å². The van der Waals surface area contributed by atoms with Crippen LogP contribution in [0.1, 0.15) is 13.8 Å². The highest BCUT2D eigenvalue weighted by molar-refractivity contribution is 7.82. The van der Waals surface area contributed by atoms with E-state index in [1.54, 1.807) is 6.07 Å². The molecule has 0 saturated carbocycles. The smallest absolute Gasteiger partial charge is 0.224 e. The van der Waals surface area contributed by atoms with Gasteiger partial charge in [-0.3, -0.25) is 9.10 Å². The van der Waals surface area contributed by atoms with Crippen LogP contribution in [0.25, 0.3) is 0 Å². The predicted octanol–water partition coefficient (Wildman–Crippen LogP) is 2.36. The Morgan fingerprint density at radius 1 is 1.67 bits per heavy atom. The first kappa shape index (κ1) is 12.1. The molecule has 0 atom stereocenters. The van der Waals surface area contributed by atoms with Crippen molar-refractivity contribution in [1.82, 2.24) is 4.98 Å². The SMILES string of the molecule is CC(C)Nc1cc(Cl)ncc1N(S)C=O. The van der Waals surface area contributed by atoms with Gasteiger partial charge in [0.05, 0.1) is 17.6 Å². The summed E-state index contributed by atoms with van der Waals surface area (Å²) < 4.78 is 1.15. The molecule has 1 N–H and O–H groups in total. The third-order valence-corrected chi connectivity index (χ3v) is 2.16. The van der Waals surface area contributed by atoms with Crippen molar-refractivity contribution in [3.8, 4) is 0 Å². The van der Waals surface area contributed by atoms with E-state index in [9.17, 15) is 4.79 Å². The third-order valence-electron chi connectivity index (χ3n) is 1.64. The van der Waals surface area contributed by atoms with Crippen LogP contribution in [0.3, 0.4) is 0 Å². The molecule has 0 aliphatic carbocycles. The molecule has 1 aromatic rings. The van der Waals surface area contributed by atoms with Gasteiger partial charge in [-0.2, -0.15) is 0 Å². The first-order chi connectivity index (χ1) is 7.04. The lowest BCUT2D eigenvalue weighted by atomic mass is 10.3. The molecule has 0 aliphatic rings. The fourth-order valence-electron chi connectivity index (χ4n) is 1.09. The first-order valence-electron chi connectivity index (χ1n) is 4.40. The van der Waals surface area contributed by atoms with Crippen LogP contribution in [-0.2, 0) is 4.79 Å². The van der Waals surface area contributed by atoms with E-state index in [4.69, 9.17) is 11.6 Å². The van der Waals surface area contributed by atoms with Crippen molar-refractivity contribution in [1.29, 1.82) is 0 Å². The molecule has 6 heteroatoms. The summed E-state index contributed by atoms with van der Waals surface area (Å²) in [6.45, 7) is 3.98. The van der Waals surface area contributed by atoms with Gasteiger partial charge in [-0.05, 0) is 13.8 Å². The quantitative estimate of drug-likeness (QED) is 0.486. The van der Waals surface area contributed by atoms with E-state index in [1.165, 1.54) is 6.20 Å². The van der Waals surface area contributed by atoms with Crippen molar-refractivity contribution in [3.63, 3.8) is 0 Å². The lowest BCUT2D eigenvalue weighted by Crippen LogP contribution is -2.15. The minimum absolute atomic E-state index is 0.232. The average molecular weight is 246 g/mol. The van der Waals surface area contributed by atoms with E-state index >= 15 is 0 Å². The van der Waals surface area contributed by atoms with Crippen molar-refractivity contribution in [3.05, 3.63) is 17.4 Å². The molecule has 0 unspecified atom stereocenters. The van der Waals surface area contributed by atoms with Crippen LogP contribution in [0.5, 0.6) is 0 Å². The number of carbonyl (C=O) groups is 1. The minimum Gasteiger partial charge on any atom is -0.381 e. The second-order valence-corrected chi connectivity index (χ2v) is 4.09. The van der Waals surface area contributed by atoms with Crippen LogP contribution in [0.4, 0.5) is 11.4 Å². The molecule has 15 heavy (non-hydrogen) atoms. The van der Waals surface area contributed by atoms with E-state index in [2.05, 4.69) is 23.1 Å². The van der Waals surface area contributed by atoms with Gasteiger partial charge in [-0.25, -0.2) is 4.98 Å². The van der Waals surface area contributed by atoms with Gasteiger partial charge >= 0.3 is 0 Å². The highest BCUT2D eigenvalue weighted by Gasteiger charge is 2.09. The highest BCUT2D eigenvalue weighted by atomic mass is 35.5. The summed E-state index contributed by atoms with van der Waals surface area (Å²) in [5.41, 5.74) is 1.30. The topological polar surface area (TPSA) is 45.2 Å². The lowest BCUT2D eigenvalue weighted by molar-refractivity contribution is -0.106. The summed E-state index contributed by atoms with van der Waals surface area (Å²) in [6.07, 6.45) is 2.09. The number of halogens is 1. The molecule has 1 rings (SSSR count).